The lowest BCUT2D eigenvalue weighted by Crippen LogP contribution is -2.47. The summed E-state index contributed by atoms with van der Waals surface area (Å²) in [5.41, 5.74) is 1.75. The van der Waals surface area contributed by atoms with Gasteiger partial charge in [0.2, 0.25) is 5.91 Å². The zero-order valence-corrected chi connectivity index (χ0v) is 18.5. The summed E-state index contributed by atoms with van der Waals surface area (Å²) in [6, 6.07) is 16.8. The highest BCUT2D eigenvalue weighted by atomic mass is 32.2. The van der Waals surface area contributed by atoms with Crippen molar-refractivity contribution in [3.8, 4) is 0 Å². The van der Waals surface area contributed by atoms with E-state index in [0.717, 1.165) is 38.4 Å². The summed E-state index contributed by atoms with van der Waals surface area (Å²) in [6.45, 7) is 7.21. The summed E-state index contributed by atoms with van der Waals surface area (Å²) in [7, 11) is 0. The molecule has 168 valence electrons. The van der Waals surface area contributed by atoms with Crippen LogP contribution in [0.2, 0.25) is 0 Å². The molecule has 1 saturated heterocycles. The topological polar surface area (TPSA) is 44.8 Å². The monoisotopic (exact) mass is 449 g/mol. The third-order valence-electron chi connectivity index (χ3n) is 5.19. The summed E-state index contributed by atoms with van der Waals surface area (Å²) < 4.78 is 30.4. The second-order valence-electron chi connectivity index (χ2n) is 7.60. The molecule has 5 nitrogen and oxygen atoms in total. The first-order valence-electron chi connectivity index (χ1n) is 10.4. The number of benzene rings is 2. The molecule has 1 aliphatic heterocycles. The Morgan fingerprint density at radius 1 is 1.13 bits per heavy atom. The number of carbonyl (C=O) groups is 1. The Hall–Kier alpha value is -2.00. The third kappa shape index (κ3) is 8.22. The van der Waals surface area contributed by atoms with E-state index in [1.165, 1.54) is 0 Å². The molecule has 8 heteroatoms. The van der Waals surface area contributed by atoms with E-state index in [4.69, 9.17) is 4.74 Å². The van der Waals surface area contributed by atoms with Crippen molar-refractivity contribution >= 4 is 23.4 Å². The SMILES string of the molecule is CC(CN1CCOCC1)N(CC(=O)Nc1ccc(SC(F)F)cc1)Cc1ccccc1. The minimum Gasteiger partial charge on any atom is -0.379 e. The molecule has 1 atom stereocenters. The molecule has 0 saturated carbocycles. The maximum absolute atomic E-state index is 12.8. The number of thioether (sulfide) groups is 1. The summed E-state index contributed by atoms with van der Waals surface area (Å²) in [5, 5.41) is 2.89. The molecule has 1 unspecified atom stereocenters. The van der Waals surface area contributed by atoms with E-state index in [9.17, 15) is 13.6 Å². The molecule has 0 aliphatic carbocycles. The van der Waals surface area contributed by atoms with Crippen LogP contribution in [0.3, 0.4) is 0 Å². The van der Waals surface area contributed by atoms with Gasteiger partial charge in [0.15, 0.2) is 0 Å². The van der Waals surface area contributed by atoms with E-state index in [1.54, 1.807) is 24.3 Å². The zero-order chi connectivity index (χ0) is 22.1. The van der Waals surface area contributed by atoms with Crippen LogP contribution < -0.4 is 5.32 Å². The summed E-state index contributed by atoms with van der Waals surface area (Å²) in [4.78, 5) is 17.8. The van der Waals surface area contributed by atoms with Crippen molar-refractivity contribution in [3.63, 3.8) is 0 Å². The van der Waals surface area contributed by atoms with Gasteiger partial charge in [0.1, 0.15) is 0 Å². The molecule has 31 heavy (non-hydrogen) atoms. The maximum Gasteiger partial charge on any atom is 0.288 e. The summed E-state index contributed by atoms with van der Waals surface area (Å²) >= 11 is 0.490. The molecule has 1 aliphatic rings. The summed E-state index contributed by atoms with van der Waals surface area (Å²) in [6.07, 6.45) is 0. The number of nitrogens with zero attached hydrogens (tertiary/aromatic N) is 2. The van der Waals surface area contributed by atoms with Crippen LogP contribution in [0, 0.1) is 0 Å². The molecule has 2 aromatic rings. The van der Waals surface area contributed by atoms with Crippen LogP contribution in [0.4, 0.5) is 14.5 Å². The third-order valence-corrected chi connectivity index (χ3v) is 5.91. The van der Waals surface area contributed by atoms with Gasteiger partial charge in [0, 0.05) is 42.8 Å². The van der Waals surface area contributed by atoms with Gasteiger partial charge in [-0.05, 0) is 36.8 Å². The van der Waals surface area contributed by atoms with Gasteiger partial charge in [-0.1, -0.05) is 42.1 Å². The first kappa shape index (κ1) is 23.7. The first-order chi connectivity index (χ1) is 15.0. The minimum absolute atomic E-state index is 0.126. The van der Waals surface area contributed by atoms with Crippen LogP contribution in [0.5, 0.6) is 0 Å². The molecule has 0 aromatic heterocycles. The fourth-order valence-corrected chi connectivity index (χ4v) is 4.06. The first-order valence-corrected chi connectivity index (χ1v) is 11.3. The summed E-state index contributed by atoms with van der Waals surface area (Å²) in [5.74, 6) is -2.58. The number of rotatable bonds is 10. The van der Waals surface area contributed by atoms with Gasteiger partial charge >= 0.3 is 0 Å². The smallest absolute Gasteiger partial charge is 0.288 e. The van der Waals surface area contributed by atoms with Crippen LogP contribution in [0.25, 0.3) is 0 Å². The van der Waals surface area contributed by atoms with Gasteiger partial charge in [-0.25, -0.2) is 0 Å². The van der Waals surface area contributed by atoms with E-state index in [2.05, 4.69) is 34.2 Å². The molecule has 3 rings (SSSR count). The van der Waals surface area contributed by atoms with E-state index < -0.39 is 5.76 Å². The highest BCUT2D eigenvalue weighted by molar-refractivity contribution is 7.99. The fraction of sp³-hybridized carbons (Fsp3) is 0.435. The van der Waals surface area contributed by atoms with Crippen molar-refractivity contribution in [2.24, 2.45) is 0 Å². The van der Waals surface area contributed by atoms with Crippen molar-refractivity contribution in [3.05, 3.63) is 60.2 Å². The van der Waals surface area contributed by atoms with Crippen LogP contribution in [-0.4, -0.2) is 66.9 Å². The Kier molecular flexibility index (Phi) is 9.27. The lowest BCUT2D eigenvalue weighted by Gasteiger charge is -2.34. The number of halogens is 2. The molecule has 1 heterocycles. The molecule has 1 N–H and O–H groups in total. The Bertz CT molecular complexity index is 802. The second kappa shape index (κ2) is 12.1. The van der Waals surface area contributed by atoms with Crippen molar-refractivity contribution < 1.29 is 18.3 Å². The van der Waals surface area contributed by atoms with Crippen LogP contribution in [-0.2, 0) is 16.1 Å². The lowest BCUT2D eigenvalue weighted by molar-refractivity contribution is -0.118. The zero-order valence-electron chi connectivity index (χ0n) is 17.7. The highest BCUT2D eigenvalue weighted by Crippen LogP contribution is 2.26. The predicted octanol–water partition coefficient (Wildman–Crippen LogP) is 4.16. The fourth-order valence-electron chi connectivity index (χ4n) is 3.56. The molecule has 2 aromatic carbocycles. The van der Waals surface area contributed by atoms with Gasteiger partial charge in [0.25, 0.3) is 5.76 Å². The second-order valence-corrected chi connectivity index (χ2v) is 8.67. The van der Waals surface area contributed by atoms with E-state index >= 15 is 0 Å². The Balaban J connectivity index is 1.61. The number of morpholine rings is 1. The number of hydrogen-bond donors (Lipinski definition) is 1. The van der Waals surface area contributed by atoms with E-state index in [1.807, 2.05) is 18.2 Å². The van der Waals surface area contributed by atoms with E-state index in [-0.39, 0.29) is 18.5 Å². The quantitative estimate of drug-likeness (QED) is 0.552. The Morgan fingerprint density at radius 3 is 2.45 bits per heavy atom. The average molecular weight is 450 g/mol. The van der Waals surface area contributed by atoms with E-state index in [0.29, 0.717) is 28.9 Å². The largest absolute Gasteiger partial charge is 0.379 e. The Morgan fingerprint density at radius 2 is 1.81 bits per heavy atom. The molecule has 0 bridgehead atoms. The van der Waals surface area contributed by atoms with Gasteiger partial charge in [-0.2, -0.15) is 8.78 Å². The number of alkyl halides is 2. The number of nitrogens with one attached hydrogen (secondary N) is 1. The Labute approximate surface area is 186 Å². The molecule has 1 amide bonds. The number of carbonyl (C=O) groups excluding carboxylic acids is 1. The minimum atomic E-state index is -2.46. The van der Waals surface area contributed by atoms with Gasteiger partial charge in [0.05, 0.1) is 19.8 Å². The highest BCUT2D eigenvalue weighted by Gasteiger charge is 2.21. The van der Waals surface area contributed by atoms with Gasteiger partial charge in [-0.3, -0.25) is 14.6 Å². The maximum atomic E-state index is 12.8. The number of hydrogen-bond acceptors (Lipinski definition) is 5. The van der Waals surface area contributed by atoms with Crippen molar-refractivity contribution in [2.45, 2.75) is 30.2 Å². The lowest BCUT2D eigenvalue weighted by atomic mass is 10.1. The molecular weight excluding hydrogens is 420 g/mol. The van der Waals surface area contributed by atoms with Crippen LogP contribution >= 0.6 is 11.8 Å². The average Bonchev–Trinajstić information content (AvgIpc) is 2.76. The van der Waals surface area contributed by atoms with Gasteiger partial charge < -0.3 is 10.1 Å². The van der Waals surface area contributed by atoms with Crippen molar-refractivity contribution in [2.75, 3.05) is 44.7 Å². The number of anilines is 1. The molecular formula is C23H29F2N3O2S. The normalized spacial score (nSPS) is 15.9. The van der Waals surface area contributed by atoms with Crippen LogP contribution in [0.1, 0.15) is 12.5 Å². The molecule has 1 fully saturated rings. The van der Waals surface area contributed by atoms with Crippen molar-refractivity contribution in [1.82, 2.24) is 9.80 Å². The predicted molar refractivity (Wildman–Crippen MR) is 121 cm³/mol. The molecule has 0 spiro atoms. The van der Waals surface area contributed by atoms with Crippen molar-refractivity contribution in [1.29, 1.82) is 0 Å². The number of amides is 1. The van der Waals surface area contributed by atoms with Gasteiger partial charge in [-0.15, -0.1) is 0 Å². The number of ether oxygens (including phenoxy) is 1. The van der Waals surface area contributed by atoms with Crippen LogP contribution in [0.15, 0.2) is 59.5 Å². The molecule has 0 radical (unpaired) electrons. The standard InChI is InChI=1S/C23H29F2N3O2S/c1-18(15-27-11-13-30-14-12-27)28(16-19-5-3-2-4-6-19)17-22(29)26-20-7-9-21(10-8-20)31-23(24)25/h2-10,18,23H,11-17H2,1H3,(H,26,29).